The molecule has 10 heavy (non-hydrogen) atoms. The first-order valence-electron chi connectivity index (χ1n) is 3.10. The molecule has 3 atom stereocenters. The maximum Gasteiger partial charge on any atom is 0.151 e. The van der Waals surface area contributed by atoms with Crippen LogP contribution in [0.2, 0.25) is 0 Å². The Morgan fingerprint density at radius 1 is 1.50 bits per heavy atom. The molecule has 0 bridgehead atoms. The first-order chi connectivity index (χ1) is 4.95. The largest absolute Gasteiger partial charge is 0.394 e. The lowest BCUT2D eigenvalue weighted by Gasteiger charge is -2.16. The highest BCUT2D eigenvalue weighted by atomic mass is 16.4. The van der Waals surface area contributed by atoms with Crippen LogP contribution in [0.4, 0.5) is 0 Å². The van der Waals surface area contributed by atoms with E-state index in [2.05, 4.69) is 0 Å². The number of aliphatic hydroxyl groups is 4. The third-order valence-electron chi connectivity index (χ3n) is 0.966. The van der Waals surface area contributed by atoms with Gasteiger partial charge in [0.15, 0.2) is 6.29 Å². The molecule has 0 rings (SSSR count). The van der Waals surface area contributed by atoms with Crippen LogP contribution in [0.15, 0.2) is 0 Å². The second-order valence-electron chi connectivity index (χ2n) is 1.72. The van der Waals surface area contributed by atoms with Crippen LogP contribution in [0.5, 0.6) is 0 Å². The summed E-state index contributed by atoms with van der Waals surface area (Å²) in [6.45, 7) is -1.06. The summed E-state index contributed by atoms with van der Waals surface area (Å²) in [6.07, 6.45) is -6.48. The molecule has 0 amide bonds. The van der Waals surface area contributed by atoms with Gasteiger partial charge < -0.3 is 25.2 Å². The van der Waals surface area contributed by atoms with Crippen LogP contribution in [-0.4, -0.2) is 51.6 Å². The Hall–Kier alpha value is -0.490. The summed E-state index contributed by atoms with van der Waals surface area (Å²) in [4.78, 5) is 9.82. The van der Waals surface area contributed by atoms with Gasteiger partial charge in [0.2, 0.25) is 0 Å². The second kappa shape index (κ2) is 4.35. The quantitative estimate of drug-likeness (QED) is 0.327. The molecule has 5 nitrogen and oxygen atoms in total. The number of aliphatic hydroxyl groups excluding tert-OH is 3. The van der Waals surface area contributed by atoms with E-state index in [-0.39, 0.29) is 6.29 Å². The van der Waals surface area contributed by atoms with Gasteiger partial charge in [0.1, 0.15) is 18.3 Å². The maximum atomic E-state index is 9.82. The molecule has 0 aliphatic carbocycles. The van der Waals surface area contributed by atoms with E-state index in [0.717, 1.165) is 0 Å². The van der Waals surface area contributed by atoms with Crippen LogP contribution in [0.3, 0.4) is 0 Å². The molecule has 0 aliphatic rings. The number of rotatable bonds is 4. The molecule has 0 spiro atoms. The van der Waals surface area contributed by atoms with Crippen molar-refractivity contribution < 1.29 is 26.6 Å². The summed E-state index contributed by atoms with van der Waals surface area (Å²) in [7, 11) is 0. The van der Waals surface area contributed by atoms with E-state index in [1.807, 2.05) is 0 Å². The summed E-state index contributed by atoms with van der Waals surface area (Å²) in [6, 6.07) is 0. The Balaban J connectivity index is 4.21. The van der Waals surface area contributed by atoms with Gasteiger partial charge >= 0.3 is 0 Å². The van der Waals surface area contributed by atoms with Crippen LogP contribution in [0.25, 0.3) is 0 Å². The third-order valence-corrected chi connectivity index (χ3v) is 0.966. The van der Waals surface area contributed by atoms with E-state index in [0.29, 0.717) is 0 Å². The second-order valence-corrected chi connectivity index (χ2v) is 1.72. The number of carbonyl (C=O) groups excluding carboxylic acids is 1. The molecule has 0 fully saturated rings. The Bertz CT molecular complexity index is 137. The van der Waals surface area contributed by atoms with Gasteiger partial charge in [-0.3, -0.25) is 0 Å². The van der Waals surface area contributed by atoms with Gasteiger partial charge in [0.05, 0.1) is 7.98 Å². The van der Waals surface area contributed by atoms with Crippen molar-refractivity contribution in [1.82, 2.24) is 0 Å². The summed E-state index contributed by atoms with van der Waals surface area (Å²) in [5.74, 6) is 0. The van der Waals surface area contributed by atoms with Crippen LogP contribution in [0.1, 0.15) is 1.37 Å². The van der Waals surface area contributed by atoms with E-state index in [1.54, 1.807) is 0 Å². The average molecular weight is 151 g/mol. The molecule has 4 N–H and O–H groups in total. The summed E-state index contributed by atoms with van der Waals surface area (Å²) >= 11 is 0. The lowest BCUT2D eigenvalue weighted by Crippen LogP contribution is -2.40. The van der Waals surface area contributed by atoms with E-state index >= 15 is 0 Å². The monoisotopic (exact) mass is 151 g/mol. The minimum atomic E-state index is -2.60. The van der Waals surface area contributed by atoms with E-state index in [9.17, 15) is 4.79 Å². The van der Waals surface area contributed by atoms with Crippen molar-refractivity contribution in [3.63, 3.8) is 0 Å². The molecule has 5 heteroatoms. The standard InChI is InChI=1S/C5H10O5/c6-1-3(8)5(10)4(9)2-7/h1,3-5,7-10H,2H2/t3-,4+,5-/m0/s1/i4D. The molecule has 0 aliphatic heterocycles. The summed E-state index contributed by atoms with van der Waals surface area (Å²) in [5.41, 5.74) is 0. The molecule has 0 aromatic carbocycles. The van der Waals surface area contributed by atoms with Gasteiger partial charge in [-0.25, -0.2) is 0 Å². The normalized spacial score (nSPS) is 24.2. The predicted molar refractivity (Wildman–Crippen MR) is 31.2 cm³/mol. The number of aldehydes is 1. The fraction of sp³-hybridized carbons (Fsp3) is 0.800. The van der Waals surface area contributed by atoms with Crippen molar-refractivity contribution in [1.29, 1.82) is 0 Å². The molecule has 0 aromatic heterocycles. The Kier molecular flexibility index (Phi) is 3.31. The van der Waals surface area contributed by atoms with Gasteiger partial charge in [-0.2, -0.15) is 0 Å². The zero-order valence-corrected chi connectivity index (χ0v) is 5.14. The van der Waals surface area contributed by atoms with Crippen molar-refractivity contribution in [3.8, 4) is 0 Å². The van der Waals surface area contributed by atoms with Crippen LogP contribution in [0, 0.1) is 0 Å². The minimum absolute atomic E-state index is 0.0279. The molecule has 0 heterocycles. The van der Waals surface area contributed by atoms with Crippen LogP contribution < -0.4 is 0 Å². The zero-order valence-electron chi connectivity index (χ0n) is 6.14. The maximum absolute atomic E-state index is 9.82. The zero-order chi connectivity index (χ0) is 9.07. The van der Waals surface area contributed by atoms with Gasteiger partial charge in [-0.1, -0.05) is 0 Å². The summed E-state index contributed by atoms with van der Waals surface area (Å²) < 4.78 is 6.75. The van der Waals surface area contributed by atoms with E-state index in [4.69, 9.17) is 21.8 Å². The van der Waals surface area contributed by atoms with Gasteiger partial charge in [-0.05, 0) is 0 Å². The van der Waals surface area contributed by atoms with Crippen molar-refractivity contribution in [2.45, 2.75) is 18.3 Å². The Morgan fingerprint density at radius 2 is 2.00 bits per heavy atom. The highest BCUT2D eigenvalue weighted by Crippen LogP contribution is 1.96. The first kappa shape index (κ1) is 7.62. The lowest BCUT2D eigenvalue weighted by molar-refractivity contribution is -0.127. The molecule has 0 aromatic rings. The number of carbonyl (C=O) groups is 1. The fourth-order valence-corrected chi connectivity index (χ4v) is 0.365. The number of hydrogen-bond donors (Lipinski definition) is 4. The molecular weight excluding hydrogens is 140 g/mol. The van der Waals surface area contributed by atoms with E-state index in [1.165, 1.54) is 0 Å². The highest BCUT2D eigenvalue weighted by Gasteiger charge is 2.22. The average Bonchev–Trinajstić information content (AvgIpc) is 2.01. The Labute approximate surface area is 58.9 Å². The predicted octanol–water partition coefficient (Wildman–Crippen LogP) is -2.74. The lowest BCUT2D eigenvalue weighted by atomic mass is 10.1. The highest BCUT2D eigenvalue weighted by molar-refractivity contribution is 5.56. The Morgan fingerprint density at radius 3 is 2.30 bits per heavy atom. The first-order valence-corrected chi connectivity index (χ1v) is 2.60. The van der Waals surface area contributed by atoms with Crippen molar-refractivity contribution in [2.75, 3.05) is 6.61 Å². The summed E-state index contributed by atoms with van der Waals surface area (Å²) in [5, 5.41) is 34.4. The topological polar surface area (TPSA) is 98.0 Å². The molecule has 60 valence electrons. The third kappa shape index (κ3) is 2.40. The molecular formula is C5H10O5. The molecule has 0 unspecified atom stereocenters. The van der Waals surface area contributed by atoms with Crippen molar-refractivity contribution in [3.05, 3.63) is 0 Å². The minimum Gasteiger partial charge on any atom is -0.394 e. The number of hydrogen-bond acceptors (Lipinski definition) is 5. The smallest absolute Gasteiger partial charge is 0.151 e. The SMILES string of the molecule is [2H][C@@](O)(CO)[C@@H](O)[C@@H](O)C=O. The molecule has 0 saturated heterocycles. The van der Waals surface area contributed by atoms with Crippen molar-refractivity contribution in [2.24, 2.45) is 0 Å². The molecule has 0 saturated carbocycles. The van der Waals surface area contributed by atoms with Gasteiger partial charge in [0, 0.05) is 0 Å². The fourth-order valence-electron chi connectivity index (χ4n) is 0.365. The van der Waals surface area contributed by atoms with Crippen LogP contribution in [-0.2, 0) is 4.79 Å². The van der Waals surface area contributed by atoms with Gasteiger partial charge in [-0.15, -0.1) is 0 Å². The van der Waals surface area contributed by atoms with E-state index < -0.39 is 24.9 Å². The van der Waals surface area contributed by atoms with Gasteiger partial charge in [0.25, 0.3) is 0 Å². The van der Waals surface area contributed by atoms with Crippen LogP contribution >= 0.6 is 0 Å². The van der Waals surface area contributed by atoms with Crippen molar-refractivity contribution >= 4 is 6.29 Å². The molecule has 0 radical (unpaired) electrons.